The number of carboxylic acid groups (broad SMARTS) is 1. The average molecular weight is 372 g/mol. The van der Waals surface area contributed by atoms with E-state index in [2.05, 4.69) is 25.6 Å². The molecule has 2 aliphatic carbocycles. The number of nitrogens with zero attached hydrogens (tertiary/aromatic N) is 4. The van der Waals surface area contributed by atoms with Gasteiger partial charge in [0.1, 0.15) is 5.82 Å². The van der Waals surface area contributed by atoms with E-state index in [-0.39, 0.29) is 24.7 Å². The zero-order chi connectivity index (χ0) is 19.0. The second kappa shape index (κ2) is 7.15. The van der Waals surface area contributed by atoms with Gasteiger partial charge in [-0.25, -0.2) is 14.3 Å². The highest BCUT2D eigenvalue weighted by atomic mass is 16.4. The summed E-state index contributed by atoms with van der Waals surface area (Å²) in [4.78, 5) is 29.6. The zero-order valence-corrected chi connectivity index (χ0v) is 15.3. The average Bonchev–Trinajstić information content (AvgIpc) is 3.28. The number of hydrogen-bond acceptors (Lipinski definition) is 5. The van der Waals surface area contributed by atoms with Crippen LogP contribution in [-0.2, 0) is 4.79 Å². The van der Waals surface area contributed by atoms with Crippen LogP contribution in [0.4, 0.5) is 10.5 Å². The molecule has 2 aliphatic rings. The summed E-state index contributed by atoms with van der Waals surface area (Å²) in [6, 6.07) is 3.64. The topological polar surface area (TPSA) is 112 Å². The first kappa shape index (κ1) is 17.7. The van der Waals surface area contributed by atoms with Gasteiger partial charge in [-0.05, 0) is 50.7 Å². The van der Waals surface area contributed by atoms with Crippen molar-refractivity contribution in [3.05, 3.63) is 24.2 Å². The summed E-state index contributed by atoms with van der Waals surface area (Å²) in [6.45, 7) is 2.75. The number of aryl methyl sites for hydroxylation is 1. The molecule has 0 spiro atoms. The van der Waals surface area contributed by atoms with Gasteiger partial charge in [0.15, 0.2) is 5.65 Å². The third-order valence-corrected chi connectivity index (χ3v) is 5.19. The number of fused-ring (bicyclic) bond motifs is 1. The molecule has 4 rings (SSSR count). The Hall–Kier alpha value is -2.68. The number of carbonyl (C=O) groups is 2. The third-order valence-electron chi connectivity index (χ3n) is 5.19. The zero-order valence-electron chi connectivity index (χ0n) is 15.3. The summed E-state index contributed by atoms with van der Waals surface area (Å²) in [5.74, 6) is 0.535. The van der Waals surface area contributed by atoms with E-state index in [1.807, 2.05) is 6.92 Å². The normalized spacial score (nSPS) is 21.9. The Morgan fingerprint density at radius 3 is 2.81 bits per heavy atom. The molecule has 0 saturated heterocycles. The Bertz CT molecular complexity index is 856. The molecule has 3 N–H and O–H groups in total. The van der Waals surface area contributed by atoms with Gasteiger partial charge in [-0.2, -0.15) is 5.10 Å². The van der Waals surface area contributed by atoms with E-state index in [1.54, 1.807) is 22.8 Å². The van der Waals surface area contributed by atoms with Gasteiger partial charge < -0.3 is 15.7 Å². The summed E-state index contributed by atoms with van der Waals surface area (Å²) < 4.78 is 1.63. The number of aliphatic carboxylic acids is 1. The Morgan fingerprint density at radius 2 is 2.11 bits per heavy atom. The summed E-state index contributed by atoms with van der Waals surface area (Å²) >= 11 is 0. The van der Waals surface area contributed by atoms with Crippen molar-refractivity contribution in [1.29, 1.82) is 0 Å². The number of pyridine rings is 1. The smallest absolute Gasteiger partial charge is 0.319 e. The van der Waals surface area contributed by atoms with Crippen LogP contribution in [0.5, 0.6) is 0 Å². The van der Waals surface area contributed by atoms with E-state index < -0.39 is 5.97 Å². The van der Waals surface area contributed by atoms with Crippen molar-refractivity contribution >= 4 is 23.3 Å². The molecule has 9 nitrogen and oxygen atoms in total. The first-order valence-corrected chi connectivity index (χ1v) is 9.32. The summed E-state index contributed by atoms with van der Waals surface area (Å²) in [7, 11) is 0. The molecule has 27 heavy (non-hydrogen) atoms. The van der Waals surface area contributed by atoms with Crippen LogP contribution < -0.4 is 10.6 Å². The molecular formula is C18H24N6O3. The number of nitrogens with one attached hydrogen (secondary N) is 2. The molecule has 0 unspecified atom stereocenters. The quantitative estimate of drug-likeness (QED) is 0.679. The van der Waals surface area contributed by atoms with Crippen LogP contribution in [0.25, 0.3) is 5.65 Å². The standard InChI is InChI=1S/C18H24N6O3/c1-11-19-16-5-4-13(9-24(16)22-11)20-18(27)21-14-6-15(7-14)23(10-17(25)26)8-12-2-3-12/h4-5,9,12,14-15H,2-3,6-8,10H2,1H3,(H,25,26)(H2,20,21,27). The van der Waals surface area contributed by atoms with Crippen molar-refractivity contribution in [3.63, 3.8) is 0 Å². The van der Waals surface area contributed by atoms with Crippen molar-refractivity contribution in [2.24, 2.45) is 5.92 Å². The fourth-order valence-electron chi connectivity index (χ4n) is 3.57. The fraction of sp³-hybridized carbons (Fsp3) is 0.556. The van der Waals surface area contributed by atoms with Crippen LogP contribution in [0.3, 0.4) is 0 Å². The van der Waals surface area contributed by atoms with Crippen molar-refractivity contribution in [2.45, 2.75) is 44.7 Å². The number of urea groups is 1. The third kappa shape index (κ3) is 4.36. The van der Waals surface area contributed by atoms with E-state index >= 15 is 0 Å². The van der Waals surface area contributed by atoms with Gasteiger partial charge >= 0.3 is 12.0 Å². The first-order valence-electron chi connectivity index (χ1n) is 9.32. The lowest BCUT2D eigenvalue weighted by molar-refractivity contribution is -0.139. The van der Waals surface area contributed by atoms with E-state index in [1.165, 1.54) is 12.8 Å². The second-order valence-electron chi connectivity index (χ2n) is 7.57. The number of rotatable bonds is 7. The maximum atomic E-state index is 12.2. The number of carboxylic acids is 1. The molecule has 0 radical (unpaired) electrons. The predicted molar refractivity (Wildman–Crippen MR) is 98.6 cm³/mol. The minimum absolute atomic E-state index is 0.0721. The van der Waals surface area contributed by atoms with Gasteiger partial charge in [0.25, 0.3) is 0 Å². The molecule has 0 aromatic carbocycles. The van der Waals surface area contributed by atoms with Gasteiger partial charge in [0, 0.05) is 18.6 Å². The molecular weight excluding hydrogens is 348 g/mol. The monoisotopic (exact) mass is 372 g/mol. The van der Waals surface area contributed by atoms with Crippen LogP contribution in [-0.4, -0.2) is 61.8 Å². The Balaban J connectivity index is 1.26. The molecule has 144 valence electrons. The van der Waals surface area contributed by atoms with Crippen LogP contribution >= 0.6 is 0 Å². The molecule has 9 heteroatoms. The van der Waals surface area contributed by atoms with Crippen LogP contribution in [0, 0.1) is 12.8 Å². The molecule has 0 bridgehead atoms. The molecule has 2 saturated carbocycles. The maximum absolute atomic E-state index is 12.2. The SMILES string of the molecule is Cc1nc2ccc(NC(=O)NC3CC(N(CC(=O)O)CC4CC4)C3)cn2n1. The number of anilines is 1. The maximum Gasteiger partial charge on any atom is 0.319 e. The summed E-state index contributed by atoms with van der Waals surface area (Å²) in [5, 5.41) is 19.1. The lowest BCUT2D eigenvalue weighted by Gasteiger charge is -2.42. The molecule has 0 aliphatic heterocycles. The molecule has 2 fully saturated rings. The van der Waals surface area contributed by atoms with Crippen molar-refractivity contribution in [3.8, 4) is 0 Å². The Kier molecular flexibility index (Phi) is 4.69. The van der Waals surface area contributed by atoms with E-state index in [9.17, 15) is 9.59 Å². The van der Waals surface area contributed by atoms with E-state index in [0.29, 0.717) is 17.4 Å². The number of carbonyl (C=O) groups excluding carboxylic acids is 1. The predicted octanol–water partition coefficient (Wildman–Crippen LogP) is 1.49. The Labute approximate surface area is 156 Å². The minimum atomic E-state index is -0.788. The second-order valence-corrected chi connectivity index (χ2v) is 7.57. The fourth-order valence-corrected chi connectivity index (χ4v) is 3.57. The molecule has 0 atom stereocenters. The van der Waals surface area contributed by atoms with Crippen molar-refractivity contribution in [2.75, 3.05) is 18.4 Å². The molecule has 2 aromatic rings. The number of amides is 2. The molecule has 2 heterocycles. The van der Waals surface area contributed by atoms with Crippen molar-refractivity contribution in [1.82, 2.24) is 24.8 Å². The van der Waals surface area contributed by atoms with Crippen LogP contribution in [0.2, 0.25) is 0 Å². The highest BCUT2D eigenvalue weighted by molar-refractivity contribution is 5.89. The number of hydrogen-bond donors (Lipinski definition) is 3. The van der Waals surface area contributed by atoms with Gasteiger partial charge in [-0.1, -0.05) is 0 Å². The van der Waals surface area contributed by atoms with Gasteiger partial charge in [-0.15, -0.1) is 0 Å². The van der Waals surface area contributed by atoms with Crippen LogP contribution in [0.15, 0.2) is 18.3 Å². The first-order chi connectivity index (χ1) is 13.0. The molecule has 2 aromatic heterocycles. The minimum Gasteiger partial charge on any atom is -0.480 e. The molecule has 2 amide bonds. The number of aromatic nitrogens is 3. The van der Waals surface area contributed by atoms with Gasteiger partial charge in [0.05, 0.1) is 18.4 Å². The lowest BCUT2D eigenvalue weighted by atomic mass is 9.85. The summed E-state index contributed by atoms with van der Waals surface area (Å²) in [5.41, 5.74) is 1.37. The van der Waals surface area contributed by atoms with Gasteiger partial charge in [0.2, 0.25) is 0 Å². The van der Waals surface area contributed by atoms with E-state index in [4.69, 9.17) is 5.11 Å². The summed E-state index contributed by atoms with van der Waals surface area (Å²) in [6.07, 6.45) is 5.69. The van der Waals surface area contributed by atoms with Crippen molar-refractivity contribution < 1.29 is 14.7 Å². The van der Waals surface area contributed by atoms with E-state index in [0.717, 1.165) is 25.0 Å². The van der Waals surface area contributed by atoms with Gasteiger partial charge in [-0.3, -0.25) is 9.69 Å². The largest absolute Gasteiger partial charge is 0.480 e. The highest BCUT2D eigenvalue weighted by Crippen LogP contribution is 2.33. The van der Waals surface area contributed by atoms with Crippen LogP contribution in [0.1, 0.15) is 31.5 Å². The Morgan fingerprint density at radius 1 is 1.33 bits per heavy atom. The lowest BCUT2D eigenvalue weighted by Crippen LogP contribution is -2.55. The highest BCUT2D eigenvalue weighted by Gasteiger charge is 2.37.